The molecular formula is C81H55N. The van der Waals surface area contributed by atoms with E-state index < -0.39 is 5.41 Å². The Morgan fingerprint density at radius 3 is 1.12 bits per heavy atom. The molecule has 0 aromatic heterocycles. The van der Waals surface area contributed by atoms with Crippen molar-refractivity contribution < 1.29 is 0 Å². The smallest absolute Gasteiger partial charge is 0.0714 e. The van der Waals surface area contributed by atoms with Gasteiger partial charge in [0.2, 0.25) is 0 Å². The number of hydrogen-bond acceptors (Lipinski definition) is 1. The Morgan fingerprint density at radius 1 is 0.207 bits per heavy atom. The first-order chi connectivity index (χ1) is 40.7. The summed E-state index contributed by atoms with van der Waals surface area (Å²) in [5.74, 6) is 0. The summed E-state index contributed by atoms with van der Waals surface area (Å²) in [6.45, 7) is 0. The van der Waals surface area contributed by atoms with E-state index in [1.54, 1.807) is 0 Å². The highest BCUT2D eigenvalue weighted by atomic mass is 15.1. The van der Waals surface area contributed by atoms with E-state index in [9.17, 15) is 0 Å². The molecule has 0 N–H and O–H groups in total. The third-order valence-corrected chi connectivity index (χ3v) is 16.9. The van der Waals surface area contributed by atoms with Gasteiger partial charge >= 0.3 is 0 Å². The van der Waals surface area contributed by atoms with Crippen LogP contribution in [0.3, 0.4) is 0 Å². The van der Waals surface area contributed by atoms with E-state index in [2.05, 4.69) is 339 Å². The first-order valence-corrected chi connectivity index (χ1v) is 28.4. The van der Waals surface area contributed by atoms with Gasteiger partial charge in [0.1, 0.15) is 0 Å². The molecule has 15 rings (SSSR count). The highest BCUT2D eigenvalue weighted by Gasteiger charge is 2.46. The van der Waals surface area contributed by atoms with E-state index in [1.165, 1.54) is 105 Å². The summed E-state index contributed by atoms with van der Waals surface area (Å²) in [5, 5.41) is 4.78. The summed E-state index contributed by atoms with van der Waals surface area (Å²) >= 11 is 0. The van der Waals surface area contributed by atoms with Gasteiger partial charge in [-0.3, -0.25) is 0 Å². The monoisotopic (exact) mass is 1040 g/mol. The Hall–Kier alpha value is -10.6. The van der Waals surface area contributed by atoms with Gasteiger partial charge in [-0.2, -0.15) is 0 Å². The van der Waals surface area contributed by atoms with Crippen LogP contribution in [0.15, 0.2) is 334 Å². The van der Waals surface area contributed by atoms with Crippen molar-refractivity contribution in [1.29, 1.82) is 0 Å². The lowest BCUT2D eigenvalue weighted by molar-refractivity contribution is 0.768. The maximum atomic E-state index is 2.56. The molecule has 0 fully saturated rings. The lowest BCUT2D eigenvalue weighted by atomic mass is 9.67. The molecule has 1 nitrogen and oxygen atoms in total. The summed E-state index contributed by atoms with van der Waals surface area (Å²) in [5.41, 5.74) is 24.3. The average molecular weight is 1040 g/mol. The molecule has 14 aromatic rings. The standard InChI is InChI=1S/C81H55N/c1-6-24-56(25-7-1)62-52-63(57-26-8-2-9-27-57)54-64(53-62)58-46-48-67(49-47-58)82(68-50-51-74-73-38-22-23-41-77(73)81(78(74)55-68,65-30-12-4-13-31-65)66-32-14-5-15-33-66)80-76-40-21-19-37-72(76)71-36-18-20-39-75(71)79(80)61-44-42-60(43-45-61)70-35-17-16-34-69(70)59-28-10-3-11-29-59/h1-55H. The minimum Gasteiger partial charge on any atom is -0.309 e. The van der Waals surface area contributed by atoms with Gasteiger partial charge in [-0.05, 0) is 153 Å². The molecule has 0 spiro atoms. The molecule has 0 radical (unpaired) electrons. The second-order valence-corrected chi connectivity index (χ2v) is 21.5. The fourth-order valence-corrected chi connectivity index (χ4v) is 13.2. The first-order valence-electron chi connectivity index (χ1n) is 28.4. The SMILES string of the molecule is c1ccc(-c2cc(-c3ccccc3)cc(-c3ccc(N(c4ccc5c(c4)C(c4ccccc4)(c4ccccc4)c4ccccc4-5)c4c(-c5ccc(-c6ccccc6-c6ccccc6)cc5)c5ccccc5c5ccccc45)cc3)c2)cc1. The van der Waals surface area contributed by atoms with Crippen LogP contribution in [0.4, 0.5) is 17.1 Å². The molecule has 0 amide bonds. The van der Waals surface area contributed by atoms with Crippen LogP contribution in [-0.2, 0) is 5.41 Å². The number of nitrogens with zero attached hydrogens (tertiary/aromatic N) is 1. The molecule has 82 heavy (non-hydrogen) atoms. The van der Waals surface area contributed by atoms with Crippen LogP contribution in [0.2, 0.25) is 0 Å². The number of anilines is 3. The Labute approximate surface area is 480 Å². The Balaban J connectivity index is 0.989. The topological polar surface area (TPSA) is 3.24 Å². The van der Waals surface area contributed by atoms with Crippen LogP contribution in [0, 0.1) is 0 Å². The quantitative estimate of drug-likeness (QED) is 0.117. The first kappa shape index (κ1) is 48.5. The van der Waals surface area contributed by atoms with Crippen molar-refractivity contribution >= 4 is 38.6 Å². The van der Waals surface area contributed by atoms with Gasteiger partial charge in [0, 0.05) is 22.3 Å². The van der Waals surface area contributed by atoms with E-state index in [0.717, 1.165) is 33.8 Å². The van der Waals surface area contributed by atoms with Crippen molar-refractivity contribution in [2.45, 2.75) is 5.41 Å². The molecular weight excluding hydrogens is 987 g/mol. The molecule has 0 saturated heterocycles. The van der Waals surface area contributed by atoms with Gasteiger partial charge in [-0.1, -0.05) is 291 Å². The predicted octanol–water partition coefficient (Wildman–Crippen LogP) is 21.8. The third kappa shape index (κ3) is 8.25. The Kier molecular flexibility index (Phi) is 12.2. The van der Waals surface area contributed by atoms with Crippen LogP contribution < -0.4 is 4.90 Å². The van der Waals surface area contributed by atoms with Crippen molar-refractivity contribution in [2.75, 3.05) is 4.90 Å². The Bertz CT molecular complexity index is 4530. The zero-order valence-corrected chi connectivity index (χ0v) is 45.2. The molecule has 1 aliphatic carbocycles. The maximum Gasteiger partial charge on any atom is 0.0714 e. The van der Waals surface area contributed by atoms with Crippen LogP contribution in [0.25, 0.3) is 99.4 Å². The van der Waals surface area contributed by atoms with Crippen molar-refractivity contribution in [3.8, 4) is 77.9 Å². The van der Waals surface area contributed by atoms with E-state index in [0.29, 0.717) is 0 Å². The summed E-state index contributed by atoms with van der Waals surface area (Å²) in [6, 6.07) is 123. The fraction of sp³-hybridized carbons (Fsp3) is 0.0123. The van der Waals surface area contributed by atoms with Crippen molar-refractivity contribution in [3.05, 3.63) is 356 Å². The minimum atomic E-state index is -0.597. The fourth-order valence-electron chi connectivity index (χ4n) is 13.2. The number of fused-ring (bicyclic) bond motifs is 6. The molecule has 0 unspecified atom stereocenters. The third-order valence-electron chi connectivity index (χ3n) is 16.9. The van der Waals surface area contributed by atoms with E-state index in [1.807, 2.05) is 0 Å². The van der Waals surface area contributed by atoms with Gasteiger partial charge in [0.15, 0.2) is 0 Å². The van der Waals surface area contributed by atoms with Gasteiger partial charge in [-0.25, -0.2) is 0 Å². The lowest BCUT2D eigenvalue weighted by Crippen LogP contribution is -2.28. The second kappa shape index (κ2) is 20.6. The van der Waals surface area contributed by atoms with Gasteiger partial charge in [0.05, 0.1) is 11.1 Å². The molecule has 384 valence electrons. The molecule has 14 aromatic carbocycles. The Morgan fingerprint density at radius 2 is 0.573 bits per heavy atom. The highest BCUT2D eigenvalue weighted by Crippen LogP contribution is 2.58. The molecule has 0 bridgehead atoms. The number of rotatable bonds is 11. The zero-order chi connectivity index (χ0) is 54.4. The zero-order valence-electron chi connectivity index (χ0n) is 45.2. The van der Waals surface area contributed by atoms with E-state index >= 15 is 0 Å². The van der Waals surface area contributed by atoms with Crippen LogP contribution in [0.5, 0.6) is 0 Å². The van der Waals surface area contributed by atoms with Crippen molar-refractivity contribution in [1.82, 2.24) is 0 Å². The predicted molar refractivity (Wildman–Crippen MR) is 346 cm³/mol. The van der Waals surface area contributed by atoms with E-state index in [4.69, 9.17) is 0 Å². The largest absolute Gasteiger partial charge is 0.309 e. The maximum absolute atomic E-state index is 2.56. The molecule has 1 heteroatoms. The average Bonchev–Trinajstić information content (AvgIpc) is 2.57. The van der Waals surface area contributed by atoms with Gasteiger partial charge < -0.3 is 4.90 Å². The van der Waals surface area contributed by atoms with Gasteiger partial charge in [0.25, 0.3) is 0 Å². The highest BCUT2D eigenvalue weighted by molar-refractivity contribution is 6.22. The summed E-state index contributed by atoms with van der Waals surface area (Å²) < 4.78 is 0. The summed E-state index contributed by atoms with van der Waals surface area (Å²) in [4.78, 5) is 2.56. The molecule has 1 aliphatic rings. The van der Waals surface area contributed by atoms with Gasteiger partial charge in [-0.15, -0.1) is 0 Å². The van der Waals surface area contributed by atoms with E-state index in [-0.39, 0.29) is 0 Å². The van der Waals surface area contributed by atoms with Crippen LogP contribution >= 0.6 is 0 Å². The molecule has 0 saturated carbocycles. The molecule has 0 heterocycles. The van der Waals surface area contributed by atoms with Crippen molar-refractivity contribution in [2.24, 2.45) is 0 Å². The van der Waals surface area contributed by atoms with Crippen LogP contribution in [-0.4, -0.2) is 0 Å². The molecule has 0 atom stereocenters. The van der Waals surface area contributed by atoms with Crippen LogP contribution in [0.1, 0.15) is 22.3 Å². The lowest BCUT2D eigenvalue weighted by Gasteiger charge is -2.35. The number of hydrogen-bond donors (Lipinski definition) is 0. The minimum absolute atomic E-state index is 0.597. The second-order valence-electron chi connectivity index (χ2n) is 21.5. The number of benzene rings is 14. The van der Waals surface area contributed by atoms with Crippen molar-refractivity contribution in [3.63, 3.8) is 0 Å². The normalized spacial score (nSPS) is 12.2. The molecule has 0 aliphatic heterocycles. The summed E-state index contributed by atoms with van der Waals surface area (Å²) in [6.07, 6.45) is 0. The summed E-state index contributed by atoms with van der Waals surface area (Å²) in [7, 11) is 0.